The second kappa shape index (κ2) is 9.03. The van der Waals surface area contributed by atoms with Crippen LogP contribution in [-0.2, 0) is 0 Å². The molecule has 4 aromatic carbocycles. The Morgan fingerprint density at radius 1 is 0.806 bits per heavy atom. The Morgan fingerprint density at radius 2 is 1.58 bits per heavy atom. The Labute approximate surface area is 207 Å². The highest BCUT2D eigenvalue weighted by Crippen LogP contribution is 2.43. The summed E-state index contributed by atoms with van der Waals surface area (Å²) >= 11 is 0. The van der Waals surface area contributed by atoms with Gasteiger partial charge in [-0.2, -0.15) is 0 Å². The van der Waals surface area contributed by atoms with E-state index in [1.54, 1.807) is 34.9 Å². The Bertz CT molecular complexity index is 1670. The number of azo groups is 1. The van der Waals surface area contributed by atoms with Gasteiger partial charge in [0.05, 0.1) is 11.1 Å². The Hall–Kier alpha value is -4.91. The van der Waals surface area contributed by atoms with Gasteiger partial charge in [-0.3, -0.25) is 4.57 Å². The molecule has 0 spiro atoms. The van der Waals surface area contributed by atoms with Crippen molar-refractivity contribution in [3.63, 3.8) is 0 Å². The number of fused-ring (bicyclic) bond motifs is 1. The maximum Gasteiger partial charge on any atom is 0.335 e. The summed E-state index contributed by atoms with van der Waals surface area (Å²) in [6.45, 7) is 4.05. The molecule has 36 heavy (non-hydrogen) atoms. The minimum absolute atomic E-state index is 0.0620. The monoisotopic (exact) mass is 477 g/mol. The highest BCUT2D eigenvalue weighted by Gasteiger charge is 2.18. The number of hydrogen-bond acceptors (Lipinski definition) is 5. The van der Waals surface area contributed by atoms with Crippen LogP contribution in [-0.4, -0.2) is 25.9 Å². The zero-order valence-corrected chi connectivity index (χ0v) is 19.7. The normalized spacial score (nSPS) is 11.4. The van der Waals surface area contributed by atoms with Gasteiger partial charge in [-0.1, -0.05) is 48.5 Å². The highest BCUT2D eigenvalue weighted by atomic mass is 16.4. The lowest BCUT2D eigenvalue weighted by Gasteiger charge is -2.09. The number of carboxylic acids is 1. The maximum atomic E-state index is 11.4. The van der Waals surface area contributed by atoms with E-state index >= 15 is 0 Å². The lowest BCUT2D eigenvalue weighted by Crippen LogP contribution is -1.95. The number of phenols is 1. The van der Waals surface area contributed by atoms with E-state index in [1.807, 2.05) is 56.3 Å². The lowest BCUT2D eigenvalue weighted by atomic mass is 10.0. The van der Waals surface area contributed by atoms with E-state index in [4.69, 9.17) is 0 Å². The molecule has 0 aliphatic rings. The van der Waals surface area contributed by atoms with Gasteiger partial charge >= 0.3 is 5.97 Å². The second-order valence-corrected chi connectivity index (χ2v) is 8.55. The van der Waals surface area contributed by atoms with Crippen LogP contribution in [0.5, 0.6) is 11.6 Å². The first-order valence-electron chi connectivity index (χ1n) is 11.3. The van der Waals surface area contributed by atoms with Gasteiger partial charge in [0.25, 0.3) is 0 Å². The largest absolute Gasteiger partial charge is 0.505 e. The number of aromatic hydroxyl groups is 2. The molecule has 7 heteroatoms. The van der Waals surface area contributed by atoms with E-state index in [0.717, 1.165) is 22.3 Å². The standard InChI is InChI=1S/C29H23N3O4/c1-17-13-14-21(15-18(17)2)32-25-12-4-3-9-23(25)26(28(32)34)31-30-24-11-6-10-22(27(24)33)19-7-5-8-20(16-19)29(35)36/h3-16,33-34H,1-2H3,(H,35,36). The van der Waals surface area contributed by atoms with E-state index in [9.17, 15) is 20.1 Å². The third kappa shape index (κ3) is 3.96. The van der Waals surface area contributed by atoms with Crippen molar-refractivity contribution in [3.8, 4) is 28.4 Å². The first kappa shape index (κ1) is 22.9. The molecule has 3 N–H and O–H groups in total. The van der Waals surface area contributed by atoms with Gasteiger partial charge in [-0.25, -0.2) is 4.79 Å². The van der Waals surface area contributed by atoms with Gasteiger partial charge in [0.15, 0.2) is 11.4 Å². The van der Waals surface area contributed by atoms with Crippen LogP contribution in [0.3, 0.4) is 0 Å². The molecule has 0 aliphatic heterocycles. The number of rotatable bonds is 5. The fourth-order valence-electron chi connectivity index (χ4n) is 4.20. The maximum absolute atomic E-state index is 11.4. The molecule has 5 aromatic rings. The van der Waals surface area contributed by atoms with Gasteiger partial charge < -0.3 is 15.3 Å². The van der Waals surface area contributed by atoms with Crippen molar-refractivity contribution in [2.24, 2.45) is 10.2 Å². The van der Waals surface area contributed by atoms with Crippen LogP contribution in [0, 0.1) is 13.8 Å². The van der Waals surface area contributed by atoms with Gasteiger partial charge in [0, 0.05) is 16.6 Å². The van der Waals surface area contributed by atoms with Crippen molar-refractivity contribution in [3.05, 3.63) is 102 Å². The molecule has 0 amide bonds. The molecular formula is C29H23N3O4. The summed E-state index contributed by atoms with van der Waals surface area (Å²) in [5.41, 5.74) is 5.38. The SMILES string of the molecule is Cc1ccc(-n2c(O)c(N=Nc3cccc(-c4cccc(C(=O)O)c4)c3O)c3ccccc32)cc1C. The predicted octanol–water partition coefficient (Wildman–Crippen LogP) is 7.44. The number of carbonyl (C=O) groups is 1. The number of aryl methyl sites for hydroxylation is 2. The zero-order chi connectivity index (χ0) is 25.4. The van der Waals surface area contributed by atoms with Crippen LogP contribution >= 0.6 is 0 Å². The molecule has 0 atom stereocenters. The summed E-state index contributed by atoms with van der Waals surface area (Å²) in [5.74, 6) is -1.25. The molecule has 0 aliphatic carbocycles. The van der Waals surface area contributed by atoms with E-state index in [0.29, 0.717) is 16.5 Å². The van der Waals surface area contributed by atoms with Crippen molar-refractivity contribution in [2.45, 2.75) is 13.8 Å². The smallest absolute Gasteiger partial charge is 0.335 e. The third-order valence-corrected chi connectivity index (χ3v) is 6.27. The first-order chi connectivity index (χ1) is 17.3. The number of nitrogens with zero attached hydrogens (tertiary/aromatic N) is 3. The summed E-state index contributed by atoms with van der Waals surface area (Å²) in [7, 11) is 0. The number of benzene rings is 4. The van der Waals surface area contributed by atoms with Crippen LogP contribution < -0.4 is 0 Å². The number of carboxylic acid groups (broad SMARTS) is 1. The minimum atomic E-state index is -1.05. The summed E-state index contributed by atoms with van der Waals surface area (Å²) in [5, 5.41) is 40.7. The van der Waals surface area contributed by atoms with Crippen LogP contribution in [0.4, 0.5) is 11.4 Å². The number of para-hydroxylation sites is 2. The van der Waals surface area contributed by atoms with Gasteiger partial charge in [-0.05, 0) is 66.9 Å². The fraction of sp³-hybridized carbons (Fsp3) is 0.0690. The van der Waals surface area contributed by atoms with Gasteiger partial charge in [0.2, 0.25) is 5.88 Å². The van der Waals surface area contributed by atoms with E-state index in [1.165, 1.54) is 12.1 Å². The van der Waals surface area contributed by atoms with Crippen LogP contribution in [0.2, 0.25) is 0 Å². The summed E-state index contributed by atoms with van der Waals surface area (Å²) in [6.07, 6.45) is 0. The molecular weight excluding hydrogens is 454 g/mol. The van der Waals surface area contributed by atoms with Crippen LogP contribution in [0.1, 0.15) is 21.5 Å². The second-order valence-electron chi connectivity index (χ2n) is 8.55. The highest BCUT2D eigenvalue weighted by molar-refractivity contribution is 5.96. The third-order valence-electron chi connectivity index (χ3n) is 6.27. The average Bonchev–Trinajstić information content (AvgIpc) is 3.16. The summed E-state index contributed by atoms with van der Waals surface area (Å²) < 4.78 is 1.73. The molecule has 1 aromatic heterocycles. The summed E-state index contributed by atoms with van der Waals surface area (Å²) in [6, 6.07) is 24.7. The van der Waals surface area contributed by atoms with E-state index in [2.05, 4.69) is 10.2 Å². The first-order valence-corrected chi connectivity index (χ1v) is 11.3. The Kier molecular flexibility index (Phi) is 5.74. The van der Waals surface area contributed by atoms with Gasteiger partial charge in [0.1, 0.15) is 5.69 Å². The van der Waals surface area contributed by atoms with E-state index < -0.39 is 5.97 Å². The molecule has 0 bridgehead atoms. The Morgan fingerprint density at radius 3 is 2.36 bits per heavy atom. The van der Waals surface area contributed by atoms with Crippen molar-refractivity contribution < 1.29 is 20.1 Å². The number of phenolic OH excluding ortho intramolecular Hbond substituents is 1. The minimum Gasteiger partial charge on any atom is -0.505 e. The molecule has 0 radical (unpaired) electrons. The summed E-state index contributed by atoms with van der Waals surface area (Å²) in [4.78, 5) is 11.4. The number of aromatic nitrogens is 1. The fourth-order valence-corrected chi connectivity index (χ4v) is 4.20. The van der Waals surface area contributed by atoms with Crippen molar-refractivity contribution in [2.75, 3.05) is 0 Å². The van der Waals surface area contributed by atoms with Crippen LogP contribution in [0.25, 0.3) is 27.7 Å². The molecule has 0 saturated heterocycles. The Balaban J connectivity index is 1.60. The van der Waals surface area contributed by atoms with Crippen molar-refractivity contribution in [1.29, 1.82) is 0 Å². The molecule has 1 heterocycles. The topological polar surface area (TPSA) is 107 Å². The quantitative estimate of drug-likeness (QED) is 0.229. The van der Waals surface area contributed by atoms with E-state index in [-0.39, 0.29) is 28.6 Å². The zero-order valence-electron chi connectivity index (χ0n) is 19.7. The predicted molar refractivity (Wildman–Crippen MR) is 139 cm³/mol. The molecule has 0 saturated carbocycles. The molecule has 0 fully saturated rings. The number of hydrogen-bond donors (Lipinski definition) is 3. The average molecular weight is 478 g/mol. The molecule has 178 valence electrons. The molecule has 0 unspecified atom stereocenters. The van der Waals surface area contributed by atoms with Crippen LogP contribution in [0.15, 0.2) is 95.2 Å². The molecule has 7 nitrogen and oxygen atoms in total. The van der Waals surface area contributed by atoms with Crippen molar-refractivity contribution >= 4 is 28.2 Å². The van der Waals surface area contributed by atoms with Gasteiger partial charge in [-0.15, -0.1) is 10.2 Å². The number of aromatic carboxylic acids is 1. The lowest BCUT2D eigenvalue weighted by molar-refractivity contribution is 0.0697. The van der Waals surface area contributed by atoms with Crippen molar-refractivity contribution in [1.82, 2.24) is 4.57 Å². The molecule has 5 rings (SSSR count).